The molecule has 1 amide bonds. The van der Waals surface area contributed by atoms with Gasteiger partial charge in [0.1, 0.15) is 5.88 Å². The maximum absolute atomic E-state index is 11.7. The maximum Gasteiger partial charge on any atom is 0.237 e. The van der Waals surface area contributed by atoms with Crippen LogP contribution in [0.25, 0.3) is 0 Å². The first-order chi connectivity index (χ1) is 9.61. The van der Waals surface area contributed by atoms with E-state index in [1.54, 1.807) is 0 Å². The number of likely N-dealkylation sites (tertiary alicyclic amines) is 1. The van der Waals surface area contributed by atoms with Gasteiger partial charge in [0.2, 0.25) is 5.91 Å². The molecule has 3 nitrogen and oxygen atoms in total. The number of amides is 1. The highest BCUT2D eigenvalue weighted by molar-refractivity contribution is 6.27. The van der Waals surface area contributed by atoms with Gasteiger partial charge in [-0.05, 0) is 25.8 Å². The van der Waals surface area contributed by atoms with E-state index in [9.17, 15) is 4.79 Å². The molecule has 20 heavy (non-hydrogen) atoms. The molecule has 0 bridgehead atoms. The van der Waals surface area contributed by atoms with Crippen LogP contribution in [0.15, 0.2) is 30.3 Å². The monoisotopic (exact) mass is 294 g/mol. The quantitative estimate of drug-likeness (QED) is 0.780. The average Bonchev–Trinajstić information content (AvgIpc) is 2.94. The second-order valence-electron chi connectivity index (χ2n) is 5.67. The van der Waals surface area contributed by atoms with E-state index in [4.69, 9.17) is 11.6 Å². The molecule has 1 saturated heterocycles. The molecular weight excluding hydrogens is 272 g/mol. The topological polar surface area (TPSA) is 23.6 Å². The number of hydrogen-bond acceptors (Lipinski definition) is 2. The molecule has 0 aromatic heterocycles. The molecule has 0 unspecified atom stereocenters. The second-order valence-corrected chi connectivity index (χ2v) is 5.93. The molecule has 1 aliphatic heterocycles. The predicted molar refractivity (Wildman–Crippen MR) is 82.8 cm³/mol. The van der Waals surface area contributed by atoms with E-state index in [0.717, 1.165) is 26.1 Å². The minimum atomic E-state index is 0.0533. The summed E-state index contributed by atoms with van der Waals surface area (Å²) >= 11 is 5.65. The Balaban J connectivity index is 2.01. The molecule has 110 valence electrons. The molecule has 1 heterocycles. The first-order valence-electron chi connectivity index (χ1n) is 7.25. The van der Waals surface area contributed by atoms with E-state index in [2.05, 4.69) is 43.0 Å². The standard InChI is InChI=1S/C16H23ClN2O/c1-13(2)19(11-14-6-4-3-5-7-14)15-8-9-18(12-15)16(20)10-17/h3-7,13,15H,8-12H2,1-2H3/t15-/m1/s1. The number of rotatable bonds is 5. The Morgan fingerprint density at radius 3 is 2.70 bits per heavy atom. The fourth-order valence-electron chi connectivity index (χ4n) is 2.85. The molecule has 1 aromatic rings. The summed E-state index contributed by atoms with van der Waals surface area (Å²) < 4.78 is 0. The van der Waals surface area contributed by atoms with Crippen LogP contribution in [-0.4, -0.2) is 46.8 Å². The van der Waals surface area contributed by atoms with E-state index >= 15 is 0 Å². The van der Waals surface area contributed by atoms with Gasteiger partial charge >= 0.3 is 0 Å². The van der Waals surface area contributed by atoms with Gasteiger partial charge in [0.15, 0.2) is 0 Å². The van der Waals surface area contributed by atoms with E-state index < -0.39 is 0 Å². The maximum atomic E-state index is 11.7. The molecule has 0 N–H and O–H groups in total. The van der Waals surface area contributed by atoms with Crippen LogP contribution < -0.4 is 0 Å². The Bertz CT molecular complexity index is 435. The number of carbonyl (C=O) groups is 1. The summed E-state index contributed by atoms with van der Waals surface area (Å²) in [7, 11) is 0. The Kier molecular flexibility index (Phi) is 5.44. The zero-order valence-corrected chi connectivity index (χ0v) is 13.0. The molecule has 0 saturated carbocycles. The first kappa shape index (κ1) is 15.3. The molecule has 0 radical (unpaired) electrons. The van der Waals surface area contributed by atoms with Crippen LogP contribution in [0.3, 0.4) is 0 Å². The summed E-state index contributed by atoms with van der Waals surface area (Å²) in [5, 5.41) is 0. The van der Waals surface area contributed by atoms with Crippen molar-refractivity contribution in [3.63, 3.8) is 0 Å². The summed E-state index contributed by atoms with van der Waals surface area (Å²) in [6.45, 7) is 7.00. The first-order valence-corrected chi connectivity index (χ1v) is 7.78. The summed E-state index contributed by atoms with van der Waals surface area (Å²) in [4.78, 5) is 16.1. The van der Waals surface area contributed by atoms with Gasteiger partial charge in [-0.2, -0.15) is 0 Å². The fourth-order valence-corrected chi connectivity index (χ4v) is 3.02. The zero-order chi connectivity index (χ0) is 14.5. The summed E-state index contributed by atoms with van der Waals surface area (Å²) in [5.41, 5.74) is 1.32. The lowest BCUT2D eigenvalue weighted by Crippen LogP contribution is -2.42. The van der Waals surface area contributed by atoms with Crippen LogP contribution in [0, 0.1) is 0 Å². The van der Waals surface area contributed by atoms with Gasteiger partial charge in [-0.25, -0.2) is 0 Å². The van der Waals surface area contributed by atoms with Crippen molar-refractivity contribution in [2.75, 3.05) is 19.0 Å². The van der Waals surface area contributed by atoms with Gasteiger partial charge in [-0.3, -0.25) is 9.69 Å². The zero-order valence-electron chi connectivity index (χ0n) is 12.3. The van der Waals surface area contributed by atoms with Crippen LogP contribution in [0.2, 0.25) is 0 Å². The number of carbonyl (C=O) groups excluding carboxylic acids is 1. The highest BCUT2D eigenvalue weighted by atomic mass is 35.5. The highest BCUT2D eigenvalue weighted by Crippen LogP contribution is 2.21. The molecule has 0 aliphatic carbocycles. The summed E-state index contributed by atoms with van der Waals surface area (Å²) in [6.07, 6.45) is 1.04. The number of halogens is 1. The third kappa shape index (κ3) is 3.74. The number of hydrogen-bond donors (Lipinski definition) is 0. The predicted octanol–water partition coefficient (Wildman–Crippen LogP) is 2.74. The van der Waals surface area contributed by atoms with Crippen molar-refractivity contribution in [1.82, 2.24) is 9.80 Å². The van der Waals surface area contributed by atoms with E-state index in [1.807, 2.05) is 11.0 Å². The van der Waals surface area contributed by atoms with Crippen molar-refractivity contribution in [3.8, 4) is 0 Å². The van der Waals surface area contributed by atoms with Crippen LogP contribution >= 0.6 is 11.6 Å². The minimum absolute atomic E-state index is 0.0533. The Labute approximate surface area is 126 Å². The molecule has 1 aliphatic rings. The summed E-state index contributed by atoms with van der Waals surface area (Å²) in [5.74, 6) is 0.144. The van der Waals surface area contributed by atoms with Crippen molar-refractivity contribution in [2.45, 2.75) is 38.9 Å². The van der Waals surface area contributed by atoms with Gasteiger partial charge in [0.25, 0.3) is 0 Å². The van der Waals surface area contributed by atoms with Crippen molar-refractivity contribution in [2.24, 2.45) is 0 Å². The molecule has 1 atom stereocenters. The van der Waals surface area contributed by atoms with Crippen LogP contribution in [0.5, 0.6) is 0 Å². The third-order valence-corrected chi connectivity index (χ3v) is 4.20. The molecule has 2 rings (SSSR count). The van der Waals surface area contributed by atoms with Crippen LogP contribution in [-0.2, 0) is 11.3 Å². The lowest BCUT2D eigenvalue weighted by molar-refractivity contribution is -0.127. The van der Waals surface area contributed by atoms with Gasteiger partial charge in [-0.1, -0.05) is 30.3 Å². The number of alkyl halides is 1. The molecule has 4 heteroatoms. The molecule has 0 spiro atoms. The van der Waals surface area contributed by atoms with Crippen LogP contribution in [0.4, 0.5) is 0 Å². The van der Waals surface area contributed by atoms with Gasteiger partial charge in [0.05, 0.1) is 0 Å². The van der Waals surface area contributed by atoms with Crippen LogP contribution in [0.1, 0.15) is 25.8 Å². The molecule has 1 fully saturated rings. The van der Waals surface area contributed by atoms with Crippen molar-refractivity contribution in [3.05, 3.63) is 35.9 Å². The second kappa shape index (κ2) is 7.09. The molecule has 1 aromatic carbocycles. The van der Waals surface area contributed by atoms with Crippen molar-refractivity contribution >= 4 is 17.5 Å². The Hall–Kier alpha value is -1.06. The Morgan fingerprint density at radius 1 is 1.40 bits per heavy atom. The van der Waals surface area contributed by atoms with Crippen molar-refractivity contribution < 1.29 is 4.79 Å². The highest BCUT2D eigenvalue weighted by Gasteiger charge is 2.31. The average molecular weight is 295 g/mol. The molecular formula is C16H23ClN2O. The van der Waals surface area contributed by atoms with E-state index in [1.165, 1.54) is 5.56 Å². The van der Waals surface area contributed by atoms with E-state index in [0.29, 0.717) is 12.1 Å². The SMILES string of the molecule is CC(C)N(Cc1ccccc1)[C@@H]1CCN(C(=O)CCl)C1. The van der Waals surface area contributed by atoms with Gasteiger partial charge in [-0.15, -0.1) is 11.6 Å². The Morgan fingerprint density at radius 2 is 2.10 bits per heavy atom. The number of nitrogens with zero attached hydrogens (tertiary/aromatic N) is 2. The smallest absolute Gasteiger partial charge is 0.237 e. The lowest BCUT2D eigenvalue weighted by Gasteiger charge is -2.32. The minimum Gasteiger partial charge on any atom is -0.340 e. The largest absolute Gasteiger partial charge is 0.340 e. The van der Waals surface area contributed by atoms with E-state index in [-0.39, 0.29) is 11.8 Å². The third-order valence-electron chi connectivity index (χ3n) is 3.97. The van der Waals surface area contributed by atoms with Gasteiger partial charge in [0, 0.05) is 31.7 Å². The van der Waals surface area contributed by atoms with Crippen molar-refractivity contribution in [1.29, 1.82) is 0 Å². The normalized spacial score (nSPS) is 19.1. The fraction of sp³-hybridized carbons (Fsp3) is 0.562. The summed E-state index contributed by atoms with van der Waals surface area (Å²) in [6, 6.07) is 11.4. The lowest BCUT2D eigenvalue weighted by atomic mass is 10.1. The van der Waals surface area contributed by atoms with Gasteiger partial charge < -0.3 is 4.90 Å². The number of benzene rings is 1.